The summed E-state index contributed by atoms with van der Waals surface area (Å²) < 4.78 is 5.09. The molecule has 5 heteroatoms. The molecule has 1 aromatic heterocycles. The molecule has 1 atom stereocenters. The molecule has 0 N–H and O–H groups in total. The van der Waals surface area contributed by atoms with E-state index in [1.165, 1.54) is 6.26 Å². The molecule has 1 amide bonds. The lowest BCUT2D eigenvalue weighted by atomic mass is 9.89. The van der Waals surface area contributed by atoms with Gasteiger partial charge in [0.15, 0.2) is 5.78 Å². The fourth-order valence-corrected chi connectivity index (χ4v) is 3.58. The van der Waals surface area contributed by atoms with Crippen molar-refractivity contribution >= 4 is 11.7 Å². The molecule has 2 aromatic carbocycles. The summed E-state index contributed by atoms with van der Waals surface area (Å²) in [6.07, 6.45) is 3.00. The van der Waals surface area contributed by atoms with E-state index in [-0.39, 0.29) is 17.6 Å². The average molecular weight is 360 g/mol. The first-order valence-corrected chi connectivity index (χ1v) is 9.12. The molecule has 2 heterocycles. The zero-order chi connectivity index (χ0) is 18.6. The van der Waals surface area contributed by atoms with Gasteiger partial charge in [-0.25, -0.2) is 0 Å². The Kier molecular flexibility index (Phi) is 4.83. The number of nitrogens with zero attached hydrogens (tertiary/aromatic N) is 2. The van der Waals surface area contributed by atoms with E-state index in [1.54, 1.807) is 4.90 Å². The molecule has 3 aromatic rings. The van der Waals surface area contributed by atoms with Crippen LogP contribution in [-0.2, 0) is 0 Å². The maximum atomic E-state index is 13.1. The quantitative estimate of drug-likeness (QED) is 0.658. The van der Waals surface area contributed by atoms with Gasteiger partial charge in [-0.15, -0.1) is 0 Å². The number of Topliss-reactive ketones (excluding diaryl/α,β-unsaturated/α-hetero) is 1. The van der Waals surface area contributed by atoms with Crippen molar-refractivity contribution in [3.63, 3.8) is 0 Å². The predicted octanol–water partition coefficient (Wildman–Crippen LogP) is 4.08. The molecule has 4 rings (SSSR count). The van der Waals surface area contributed by atoms with Gasteiger partial charge in [0.2, 0.25) is 0 Å². The number of benzene rings is 2. The summed E-state index contributed by atoms with van der Waals surface area (Å²) in [6.45, 7) is 1.06. The molecule has 5 nitrogen and oxygen atoms in total. The number of carbonyl (C=O) groups is 2. The number of piperidine rings is 1. The number of hydrogen-bond acceptors (Lipinski definition) is 4. The van der Waals surface area contributed by atoms with E-state index < -0.39 is 0 Å². The van der Waals surface area contributed by atoms with Gasteiger partial charge >= 0.3 is 0 Å². The van der Waals surface area contributed by atoms with Crippen LogP contribution in [0.25, 0.3) is 11.3 Å². The number of carbonyl (C=O) groups excluding carboxylic acids is 2. The normalized spacial score (nSPS) is 16.9. The van der Waals surface area contributed by atoms with E-state index in [4.69, 9.17) is 4.52 Å². The molecule has 0 bridgehead atoms. The van der Waals surface area contributed by atoms with Crippen molar-refractivity contribution in [3.05, 3.63) is 78.1 Å². The Balaban J connectivity index is 1.53. The van der Waals surface area contributed by atoms with Crippen molar-refractivity contribution < 1.29 is 14.1 Å². The van der Waals surface area contributed by atoms with E-state index in [2.05, 4.69) is 5.16 Å². The van der Waals surface area contributed by atoms with Crippen molar-refractivity contribution in [3.8, 4) is 11.3 Å². The van der Waals surface area contributed by atoms with E-state index in [1.807, 2.05) is 60.7 Å². The smallest absolute Gasteiger partial charge is 0.259 e. The largest absolute Gasteiger partial charge is 0.363 e. The monoisotopic (exact) mass is 360 g/mol. The third-order valence-corrected chi connectivity index (χ3v) is 4.99. The molecule has 1 aliphatic heterocycles. The summed E-state index contributed by atoms with van der Waals surface area (Å²) in [6, 6.07) is 18.8. The highest BCUT2D eigenvalue weighted by Gasteiger charge is 2.31. The van der Waals surface area contributed by atoms with Crippen LogP contribution < -0.4 is 0 Å². The zero-order valence-electron chi connectivity index (χ0n) is 14.9. The van der Waals surface area contributed by atoms with Crippen LogP contribution in [0.1, 0.15) is 33.6 Å². The summed E-state index contributed by atoms with van der Waals surface area (Å²) in [5.41, 5.74) is 2.52. The van der Waals surface area contributed by atoms with Crippen LogP contribution in [0, 0.1) is 5.92 Å². The van der Waals surface area contributed by atoms with Crippen molar-refractivity contribution in [2.24, 2.45) is 5.92 Å². The minimum Gasteiger partial charge on any atom is -0.363 e. The first-order valence-electron chi connectivity index (χ1n) is 9.12. The van der Waals surface area contributed by atoms with Gasteiger partial charge in [-0.3, -0.25) is 9.59 Å². The maximum Gasteiger partial charge on any atom is 0.259 e. The minimum absolute atomic E-state index is 0.0988. The number of ketones is 1. The highest BCUT2D eigenvalue weighted by atomic mass is 16.5. The molecular formula is C22H20N2O3. The van der Waals surface area contributed by atoms with Crippen molar-refractivity contribution in [1.29, 1.82) is 0 Å². The first-order chi connectivity index (χ1) is 13.2. The summed E-state index contributed by atoms with van der Waals surface area (Å²) in [4.78, 5) is 27.6. The Labute approximate surface area is 157 Å². The van der Waals surface area contributed by atoms with Gasteiger partial charge in [0, 0.05) is 30.1 Å². The minimum atomic E-state index is -0.176. The van der Waals surface area contributed by atoms with Crippen LogP contribution in [0.15, 0.2) is 71.4 Å². The third-order valence-electron chi connectivity index (χ3n) is 4.99. The third kappa shape index (κ3) is 3.53. The highest BCUT2D eigenvalue weighted by Crippen LogP contribution is 2.26. The second kappa shape index (κ2) is 7.58. The van der Waals surface area contributed by atoms with Crippen LogP contribution in [0.4, 0.5) is 0 Å². The summed E-state index contributed by atoms with van der Waals surface area (Å²) in [5.74, 6) is -0.215. The molecule has 0 saturated carbocycles. The molecule has 1 fully saturated rings. The van der Waals surface area contributed by atoms with Crippen LogP contribution in [0.3, 0.4) is 0 Å². The van der Waals surface area contributed by atoms with E-state index in [0.29, 0.717) is 29.9 Å². The van der Waals surface area contributed by atoms with Crippen LogP contribution in [-0.4, -0.2) is 34.8 Å². The average Bonchev–Trinajstić information content (AvgIpc) is 3.24. The first kappa shape index (κ1) is 17.2. The molecule has 0 aliphatic carbocycles. The molecule has 27 heavy (non-hydrogen) atoms. The molecule has 136 valence electrons. The lowest BCUT2D eigenvalue weighted by Crippen LogP contribution is -2.42. The Bertz CT molecular complexity index is 934. The van der Waals surface area contributed by atoms with Gasteiger partial charge in [-0.05, 0) is 12.8 Å². The van der Waals surface area contributed by atoms with Gasteiger partial charge in [0.1, 0.15) is 17.5 Å². The number of amides is 1. The predicted molar refractivity (Wildman–Crippen MR) is 101 cm³/mol. The van der Waals surface area contributed by atoms with Crippen molar-refractivity contribution in [1.82, 2.24) is 10.1 Å². The Morgan fingerprint density at radius 3 is 2.44 bits per heavy atom. The van der Waals surface area contributed by atoms with E-state index >= 15 is 0 Å². The zero-order valence-corrected chi connectivity index (χ0v) is 14.9. The van der Waals surface area contributed by atoms with Gasteiger partial charge < -0.3 is 9.42 Å². The SMILES string of the molecule is O=C(c1ccccc1)[C@H]1CCCN(C(=O)c2conc2-c2ccccc2)C1. The number of likely N-dealkylation sites (tertiary alicyclic amines) is 1. The number of rotatable bonds is 4. The number of aromatic nitrogens is 1. The summed E-state index contributed by atoms with van der Waals surface area (Å²) in [7, 11) is 0. The standard InChI is InChI=1S/C22H20N2O3/c25-21(17-10-5-2-6-11-17)18-12-7-13-24(14-18)22(26)19-15-27-23-20(19)16-8-3-1-4-9-16/h1-6,8-11,15,18H,7,12-14H2/t18-/m0/s1. The molecule has 0 unspecified atom stereocenters. The van der Waals surface area contributed by atoms with Gasteiger partial charge in [-0.2, -0.15) is 0 Å². The van der Waals surface area contributed by atoms with Crippen LogP contribution >= 0.6 is 0 Å². The molecule has 1 saturated heterocycles. The topological polar surface area (TPSA) is 63.4 Å². The molecule has 1 aliphatic rings. The summed E-state index contributed by atoms with van der Waals surface area (Å²) in [5, 5.41) is 4.01. The lowest BCUT2D eigenvalue weighted by molar-refractivity contribution is 0.0637. The molecule has 0 spiro atoms. The highest BCUT2D eigenvalue weighted by molar-refractivity contribution is 6.01. The lowest BCUT2D eigenvalue weighted by Gasteiger charge is -2.32. The van der Waals surface area contributed by atoms with Gasteiger partial charge in [0.25, 0.3) is 5.91 Å². The fourth-order valence-electron chi connectivity index (χ4n) is 3.58. The second-order valence-corrected chi connectivity index (χ2v) is 6.76. The molecule has 0 radical (unpaired) electrons. The van der Waals surface area contributed by atoms with Crippen LogP contribution in [0.5, 0.6) is 0 Å². The van der Waals surface area contributed by atoms with Crippen molar-refractivity contribution in [2.45, 2.75) is 12.8 Å². The van der Waals surface area contributed by atoms with Crippen molar-refractivity contribution in [2.75, 3.05) is 13.1 Å². The Morgan fingerprint density at radius 2 is 1.70 bits per heavy atom. The summed E-state index contributed by atoms with van der Waals surface area (Å²) >= 11 is 0. The van der Waals surface area contributed by atoms with E-state index in [9.17, 15) is 9.59 Å². The Morgan fingerprint density at radius 1 is 1.00 bits per heavy atom. The molecular weight excluding hydrogens is 340 g/mol. The van der Waals surface area contributed by atoms with Gasteiger partial charge in [0.05, 0.1) is 0 Å². The van der Waals surface area contributed by atoms with Gasteiger partial charge in [-0.1, -0.05) is 65.8 Å². The number of hydrogen-bond donors (Lipinski definition) is 0. The fraction of sp³-hybridized carbons (Fsp3) is 0.227. The second-order valence-electron chi connectivity index (χ2n) is 6.76. The Hall–Kier alpha value is -3.21. The maximum absolute atomic E-state index is 13.1. The van der Waals surface area contributed by atoms with Crippen LogP contribution in [0.2, 0.25) is 0 Å². The van der Waals surface area contributed by atoms with E-state index in [0.717, 1.165) is 18.4 Å².